The van der Waals surface area contributed by atoms with Crippen LogP contribution in [0.4, 0.5) is 5.69 Å². The molecule has 1 N–H and O–H groups in total. The first-order valence-electron chi connectivity index (χ1n) is 5.78. The van der Waals surface area contributed by atoms with Crippen LogP contribution in [0, 0.1) is 10.1 Å². The third-order valence-electron chi connectivity index (χ3n) is 2.33. The normalized spacial score (nSPS) is 10.3. The van der Waals surface area contributed by atoms with E-state index in [9.17, 15) is 10.1 Å². The largest absolute Gasteiger partial charge is 0.467 e. The Morgan fingerprint density at radius 3 is 2.83 bits per heavy atom. The van der Waals surface area contributed by atoms with E-state index >= 15 is 0 Å². The van der Waals surface area contributed by atoms with Crippen molar-refractivity contribution in [2.24, 2.45) is 0 Å². The van der Waals surface area contributed by atoms with E-state index in [4.69, 9.17) is 9.47 Å². The second-order valence-corrected chi connectivity index (χ2v) is 3.78. The molecule has 0 bridgehead atoms. The Morgan fingerprint density at radius 2 is 2.22 bits per heavy atom. The third kappa shape index (κ3) is 4.31. The highest BCUT2D eigenvalue weighted by Gasteiger charge is 2.11. The van der Waals surface area contributed by atoms with E-state index in [2.05, 4.69) is 12.2 Å². The van der Waals surface area contributed by atoms with E-state index in [0.29, 0.717) is 12.3 Å². The standard InChI is InChI=1S/C12H18N2O4/c1-3-6-13-8-10-7-11(14(15)16)4-5-12(10)18-9-17-2/h4-5,7,13H,3,6,8-9H2,1-2H3. The van der Waals surface area contributed by atoms with Gasteiger partial charge in [0.05, 0.1) is 4.92 Å². The minimum absolute atomic E-state index is 0.0630. The second kappa shape index (κ2) is 7.62. The fourth-order valence-corrected chi connectivity index (χ4v) is 1.48. The molecule has 0 radical (unpaired) electrons. The van der Waals surface area contributed by atoms with Crippen LogP contribution in [-0.2, 0) is 11.3 Å². The first-order chi connectivity index (χ1) is 8.69. The lowest BCUT2D eigenvalue weighted by Gasteiger charge is -2.11. The number of non-ortho nitro benzene ring substituents is 1. The molecule has 0 aliphatic heterocycles. The Labute approximate surface area is 106 Å². The molecular formula is C12H18N2O4. The molecule has 0 saturated heterocycles. The summed E-state index contributed by atoms with van der Waals surface area (Å²) in [7, 11) is 1.53. The van der Waals surface area contributed by atoms with Crippen molar-refractivity contribution >= 4 is 5.69 Å². The van der Waals surface area contributed by atoms with Gasteiger partial charge in [0.15, 0.2) is 6.79 Å². The zero-order chi connectivity index (χ0) is 13.4. The number of nitro benzene ring substituents is 1. The molecule has 0 aromatic heterocycles. The van der Waals surface area contributed by atoms with Crippen molar-refractivity contribution in [3.8, 4) is 5.75 Å². The number of nitrogens with one attached hydrogen (secondary N) is 1. The molecule has 1 rings (SSSR count). The SMILES string of the molecule is CCCNCc1cc([N+](=O)[O-])ccc1OCOC. The van der Waals surface area contributed by atoms with E-state index in [-0.39, 0.29) is 12.5 Å². The van der Waals surface area contributed by atoms with Crippen LogP contribution in [0.3, 0.4) is 0 Å². The summed E-state index contributed by atoms with van der Waals surface area (Å²) in [4.78, 5) is 10.3. The van der Waals surface area contributed by atoms with E-state index in [1.54, 1.807) is 6.07 Å². The van der Waals surface area contributed by atoms with Gasteiger partial charge in [-0.3, -0.25) is 10.1 Å². The third-order valence-corrected chi connectivity index (χ3v) is 2.33. The van der Waals surface area contributed by atoms with E-state index in [1.165, 1.54) is 19.2 Å². The molecule has 0 unspecified atom stereocenters. The molecule has 0 spiro atoms. The highest BCUT2D eigenvalue weighted by atomic mass is 16.7. The predicted molar refractivity (Wildman–Crippen MR) is 67.6 cm³/mol. The molecule has 6 nitrogen and oxygen atoms in total. The molecule has 1 aromatic rings. The van der Waals surface area contributed by atoms with Crippen molar-refractivity contribution in [1.29, 1.82) is 0 Å². The molecule has 0 heterocycles. The summed E-state index contributed by atoms with van der Waals surface area (Å²) in [5.41, 5.74) is 0.822. The van der Waals surface area contributed by atoms with Gasteiger partial charge in [-0.1, -0.05) is 6.92 Å². The Bertz CT molecular complexity index is 396. The van der Waals surface area contributed by atoms with E-state index in [1.807, 2.05) is 0 Å². The highest BCUT2D eigenvalue weighted by Crippen LogP contribution is 2.24. The lowest BCUT2D eigenvalue weighted by molar-refractivity contribution is -0.384. The van der Waals surface area contributed by atoms with Gasteiger partial charge in [-0.15, -0.1) is 0 Å². The summed E-state index contributed by atoms with van der Waals surface area (Å²) >= 11 is 0. The number of ether oxygens (including phenoxy) is 2. The summed E-state index contributed by atoms with van der Waals surface area (Å²) in [5.74, 6) is 0.603. The molecule has 0 aliphatic carbocycles. The van der Waals surface area contributed by atoms with Crippen LogP contribution in [0.2, 0.25) is 0 Å². The van der Waals surface area contributed by atoms with Gasteiger partial charge in [-0.05, 0) is 19.0 Å². The Balaban J connectivity index is 2.83. The Hall–Kier alpha value is -1.66. The van der Waals surface area contributed by atoms with Crippen LogP contribution in [0.1, 0.15) is 18.9 Å². The molecule has 1 aromatic carbocycles. The topological polar surface area (TPSA) is 73.6 Å². The van der Waals surface area contributed by atoms with Crippen LogP contribution in [0.25, 0.3) is 0 Å². The molecule has 0 fully saturated rings. The van der Waals surface area contributed by atoms with Crippen molar-refractivity contribution < 1.29 is 14.4 Å². The average Bonchev–Trinajstić information content (AvgIpc) is 2.37. The van der Waals surface area contributed by atoms with Crippen LogP contribution in [0.5, 0.6) is 5.75 Å². The first kappa shape index (κ1) is 14.4. The van der Waals surface area contributed by atoms with E-state index < -0.39 is 4.92 Å². The van der Waals surface area contributed by atoms with Gasteiger partial charge in [0.1, 0.15) is 5.75 Å². The average molecular weight is 254 g/mol. The lowest BCUT2D eigenvalue weighted by Crippen LogP contribution is -2.15. The Morgan fingerprint density at radius 1 is 1.44 bits per heavy atom. The monoisotopic (exact) mass is 254 g/mol. The number of hydrogen-bond donors (Lipinski definition) is 1. The molecule has 0 aliphatic rings. The number of hydrogen-bond acceptors (Lipinski definition) is 5. The van der Waals surface area contributed by atoms with Crippen LogP contribution < -0.4 is 10.1 Å². The van der Waals surface area contributed by atoms with Crippen molar-refractivity contribution in [2.75, 3.05) is 20.4 Å². The zero-order valence-corrected chi connectivity index (χ0v) is 10.6. The van der Waals surface area contributed by atoms with Gasteiger partial charge < -0.3 is 14.8 Å². The molecule has 0 amide bonds. The maximum absolute atomic E-state index is 10.7. The van der Waals surface area contributed by atoms with Crippen LogP contribution >= 0.6 is 0 Å². The van der Waals surface area contributed by atoms with Crippen molar-refractivity contribution in [3.05, 3.63) is 33.9 Å². The fraction of sp³-hybridized carbons (Fsp3) is 0.500. The molecule has 18 heavy (non-hydrogen) atoms. The quantitative estimate of drug-likeness (QED) is 0.333. The Kier molecular flexibility index (Phi) is 6.10. The van der Waals surface area contributed by atoms with E-state index in [0.717, 1.165) is 18.5 Å². The lowest BCUT2D eigenvalue weighted by atomic mass is 10.1. The van der Waals surface area contributed by atoms with Crippen molar-refractivity contribution in [3.63, 3.8) is 0 Å². The summed E-state index contributed by atoms with van der Waals surface area (Å²) in [5, 5.41) is 13.9. The molecular weight excluding hydrogens is 236 g/mol. The highest BCUT2D eigenvalue weighted by molar-refractivity contribution is 5.43. The van der Waals surface area contributed by atoms with Gasteiger partial charge in [-0.25, -0.2) is 0 Å². The van der Waals surface area contributed by atoms with Gasteiger partial charge in [0.2, 0.25) is 0 Å². The summed E-state index contributed by atoms with van der Waals surface area (Å²) in [6.07, 6.45) is 1.00. The van der Waals surface area contributed by atoms with Crippen molar-refractivity contribution in [1.82, 2.24) is 5.32 Å². The smallest absolute Gasteiger partial charge is 0.270 e. The minimum Gasteiger partial charge on any atom is -0.467 e. The molecule has 100 valence electrons. The van der Waals surface area contributed by atoms with Crippen molar-refractivity contribution in [2.45, 2.75) is 19.9 Å². The molecule has 6 heteroatoms. The zero-order valence-electron chi connectivity index (χ0n) is 10.6. The molecule has 0 atom stereocenters. The predicted octanol–water partition coefficient (Wildman–Crippen LogP) is 2.08. The fourth-order valence-electron chi connectivity index (χ4n) is 1.48. The first-order valence-corrected chi connectivity index (χ1v) is 5.78. The number of methoxy groups -OCH3 is 1. The number of nitrogens with zero attached hydrogens (tertiary/aromatic N) is 1. The maximum Gasteiger partial charge on any atom is 0.270 e. The van der Waals surface area contributed by atoms with Gasteiger partial charge in [0, 0.05) is 31.4 Å². The molecule has 0 saturated carbocycles. The maximum atomic E-state index is 10.7. The van der Waals surface area contributed by atoms with Gasteiger partial charge in [-0.2, -0.15) is 0 Å². The number of rotatable bonds is 8. The minimum atomic E-state index is -0.413. The van der Waals surface area contributed by atoms with Gasteiger partial charge in [0.25, 0.3) is 5.69 Å². The summed E-state index contributed by atoms with van der Waals surface area (Å²) in [6, 6.07) is 4.54. The summed E-state index contributed by atoms with van der Waals surface area (Å²) < 4.78 is 10.2. The number of nitro groups is 1. The second-order valence-electron chi connectivity index (χ2n) is 3.78. The van der Waals surface area contributed by atoms with Gasteiger partial charge >= 0.3 is 0 Å². The summed E-state index contributed by atoms with van der Waals surface area (Å²) in [6.45, 7) is 3.57. The van der Waals surface area contributed by atoms with Crippen LogP contribution in [0.15, 0.2) is 18.2 Å². The number of benzene rings is 1. The van der Waals surface area contributed by atoms with Crippen LogP contribution in [-0.4, -0.2) is 25.4 Å².